The van der Waals surface area contributed by atoms with Crippen molar-refractivity contribution in [2.24, 2.45) is 0 Å². The van der Waals surface area contributed by atoms with Crippen LogP contribution in [0.3, 0.4) is 0 Å². The van der Waals surface area contributed by atoms with E-state index in [2.05, 4.69) is 0 Å². The maximum atomic E-state index is 12.8. The van der Waals surface area contributed by atoms with E-state index in [-0.39, 0.29) is 18.6 Å². The molecule has 1 heterocycles. The number of amides is 1. The Morgan fingerprint density at radius 3 is 2.58 bits per heavy atom. The first-order valence-electron chi connectivity index (χ1n) is 8.13. The number of ether oxygens (including phenoxy) is 2. The summed E-state index contributed by atoms with van der Waals surface area (Å²) in [5.74, 6) is -0.221. The highest BCUT2D eigenvalue weighted by Gasteiger charge is 2.33. The van der Waals surface area contributed by atoms with Crippen LogP contribution in [0, 0.1) is 0 Å². The van der Waals surface area contributed by atoms with Gasteiger partial charge in [0.15, 0.2) is 6.10 Å². The van der Waals surface area contributed by atoms with Crippen LogP contribution in [0.1, 0.15) is 17.3 Å². The minimum atomic E-state index is -1.07. The fraction of sp³-hybridized carbons (Fsp3) is 0.263. The number of carboxylic acids is 1. The average Bonchev–Trinajstić information content (AvgIpc) is 2.62. The number of hydrogen-bond donors (Lipinski definition) is 1. The molecule has 6 nitrogen and oxygen atoms in total. The molecule has 1 N–H and O–H groups in total. The zero-order chi connectivity index (χ0) is 18.7. The van der Waals surface area contributed by atoms with Gasteiger partial charge in [0.2, 0.25) is 0 Å². The van der Waals surface area contributed by atoms with Crippen LogP contribution in [-0.4, -0.2) is 47.2 Å². The Kier molecular flexibility index (Phi) is 5.44. The first-order valence-corrected chi connectivity index (χ1v) is 8.51. The summed E-state index contributed by atoms with van der Waals surface area (Å²) in [6.45, 7) is 2.10. The molecule has 2 aromatic carbocycles. The molecule has 0 radical (unpaired) electrons. The molecular weight excluding hydrogens is 358 g/mol. The zero-order valence-corrected chi connectivity index (χ0v) is 14.8. The molecule has 1 fully saturated rings. The van der Waals surface area contributed by atoms with E-state index in [1.807, 2.05) is 0 Å². The molecule has 0 aliphatic carbocycles. The number of carbonyl (C=O) groups is 2. The summed E-state index contributed by atoms with van der Waals surface area (Å²) in [5.41, 5.74) is 0.426. The number of aliphatic carboxylic acids is 1. The highest BCUT2D eigenvalue weighted by Crippen LogP contribution is 2.25. The van der Waals surface area contributed by atoms with Crippen LogP contribution in [0.15, 0.2) is 48.5 Å². The third kappa shape index (κ3) is 4.33. The van der Waals surface area contributed by atoms with E-state index in [0.29, 0.717) is 28.6 Å². The van der Waals surface area contributed by atoms with Gasteiger partial charge in [0, 0.05) is 17.1 Å². The smallest absolute Gasteiger partial charge is 0.334 e. The topological polar surface area (TPSA) is 76.1 Å². The Morgan fingerprint density at radius 2 is 1.88 bits per heavy atom. The number of rotatable bonds is 4. The van der Waals surface area contributed by atoms with Crippen molar-refractivity contribution in [1.29, 1.82) is 0 Å². The van der Waals surface area contributed by atoms with Gasteiger partial charge in [0.05, 0.1) is 12.6 Å². The van der Waals surface area contributed by atoms with E-state index in [1.165, 1.54) is 4.90 Å². The number of hydrogen-bond acceptors (Lipinski definition) is 4. The SMILES string of the molecule is C[C@@H]1CN(C(=O)c2cccc(Oc3ccc(Cl)cc3)c2)CC(C(=O)O)O1. The van der Waals surface area contributed by atoms with E-state index in [9.17, 15) is 9.59 Å². The molecule has 1 aliphatic rings. The van der Waals surface area contributed by atoms with Crippen molar-refractivity contribution in [1.82, 2.24) is 4.90 Å². The van der Waals surface area contributed by atoms with E-state index >= 15 is 0 Å². The Hall–Kier alpha value is -2.57. The van der Waals surface area contributed by atoms with Gasteiger partial charge in [-0.05, 0) is 49.4 Å². The first-order chi connectivity index (χ1) is 12.4. The highest BCUT2D eigenvalue weighted by atomic mass is 35.5. The molecular formula is C19H18ClNO5. The largest absolute Gasteiger partial charge is 0.479 e. The molecule has 0 aromatic heterocycles. The van der Waals surface area contributed by atoms with E-state index in [0.717, 1.165) is 0 Å². The van der Waals surface area contributed by atoms with Crippen LogP contribution >= 0.6 is 11.6 Å². The van der Waals surface area contributed by atoms with Crippen molar-refractivity contribution in [2.45, 2.75) is 19.1 Å². The standard InChI is InChI=1S/C19H18ClNO5/c1-12-10-21(11-17(25-12)19(23)24)18(22)13-3-2-4-16(9-13)26-15-7-5-14(20)6-8-15/h2-9,12,17H,10-11H2,1H3,(H,23,24)/t12-,17?/m1/s1. The van der Waals surface area contributed by atoms with Gasteiger partial charge in [-0.1, -0.05) is 17.7 Å². The lowest BCUT2D eigenvalue weighted by Crippen LogP contribution is -2.51. The van der Waals surface area contributed by atoms with Gasteiger partial charge in [0.1, 0.15) is 11.5 Å². The highest BCUT2D eigenvalue weighted by molar-refractivity contribution is 6.30. The number of halogens is 1. The van der Waals surface area contributed by atoms with E-state index < -0.39 is 12.1 Å². The van der Waals surface area contributed by atoms with Gasteiger partial charge in [-0.2, -0.15) is 0 Å². The van der Waals surface area contributed by atoms with Crippen molar-refractivity contribution in [3.63, 3.8) is 0 Å². The second-order valence-corrected chi connectivity index (χ2v) is 6.50. The number of morpholine rings is 1. The predicted octanol–water partition coefficient (Wildman–Crippen LogP) is 3.45. The Bertz CT molecular complexity index is 808. The lowest BCUT2D eigenvalue weighted by Gasteiger charge is -2.35. The number of benzene rings is 2. The molecule has 26 heavy (non-hydrogen) atoms. The minimum Gasteiger partial charge on any atom is -0.479 e. The third-order valence-corrected chi connectivity index (χ3v) is 4.21. The summed E-state index contributed by atoms with van der Waals surface area (Å²) in [4.78, 5) is 25.5. The predicted molar refractivity (Wildman–Crippen MR) is 95.8 cm³/mol. The second kappa shape index (κ2) is 7.76. The maximum absolute atomic E-state index is 12.8. The summed E-state index contributed by atoms with van der Waals surface area (Å²) < 4.78 is 11.1. The van der Waals surface area contributed by atoms with Crippen LogP contribution in [0.4, 0.5) is 0 Å². The summed E-state index contributed by atoms with van der Waals surface area (Å²) in [6.07, 6.45) is -1.36. The van der Waals surface area contributed by atoms with Crippen LogP contribution in [-0.2, 0) is 9.53 Å². The van der Waals surface area contributed by atoms with Crippen molar-refractivity contribution >= 4 is 23.5 Å². The normalized spacial score (nSPS) is 19.8. The minimum absolute atomic E-state index is 0.0147. The fourth-order valence-corrected chi connectivity index (χ4v) is 2.89. The maximum Gasteiger partial charge on any atom is 0.334 e. The summed E-state index contributed by atoms with van der Waals surface area (Å²) in [7, 11) is 0. The Labute approximate surface area is 155 Å². The summed E-state index contributed by atoms with van der Waals surface area (Å²) in [5, 5.41) is 9.77. The van der Waals surface area contributed by atoms with Gasteiger partial charge in [-0.15, -0.1) is 0 Å². The Balaban J connectivity index is 1.75. The molecule has 0 bridgehead atoms. The Morgan fingerprint density at radius 1 is 1.15 bits per heavy atom. The van der Waals surface area contributed by atoms with Crippen LogP contribution in [0.25, 0.3) is 0 Å². The van der Waals surface area contributed by atoms with Crippen LogP contribution in [0.2, 0.25) is 5.02 Å². The summed E-state index contributed by atoms with van der Waals surface area (Å²) in [6, 6.07) is 13.7. The molecule has 1 unspecified atom stereocenters. The van der Waals surface area contributed by atoms with Crippen molar-refractivity contribution in [3.05, 3.63) is 59.1 Å². The van der Waals surface area contributed by atoms with Gasteiger partial charge in [0.25, 0.3) is 5.91 Å². The monoisotopic (exact) mass is 375 g/mol. The van der Waals surface area contributed by atoms with Gasteiger partial charge < -0.3 is 19.5 Å². The number of carbonyl (C=O) groups excluding carboxylic acids is 1. The molecule has 1 saturated heterocycles. The molecule has 2 aromatic rings. The van der Waals surface area contributed by atoms with Crippen LogP contribution < -0.4 is 4.74 Å². The molecule has 0 spiro atoms. The molecule has 2 atom stereocenters. The van der Waals surface area contributed by atoms with Gasteiger partial charge in [-0.25, -0.2) is 4.79 Å². The van der Waals surface area contributed by atoms with E-state index in [1.54, 1.807) is 55.5 Å². The quantitative estimate of drug-likeness (QED) is 0.885. The molecule has 1 amide bonds. The second-order valence-electron chi connectivity index (χ2n) is 6.07. The van der Waals surface area contributed by atoms with Crippen LogP contribution in [0.5, 0.6) is 11.5 Å². The lowest BCUT2D eigenvalue weighted by molar-refractivity contribution is -0.160. The molecule has 7 heteroatoms. The lowest BCUT2D eigenvalue weighted by atomic mass is 10.1. The van der Waals surface area contributed by atoms with E-state index in [4.69, 9.17) is 26.2 Å². The van der Waals surface area contributed by atoms with Gasteiger partial charge >= 0.3 is 5.97 Å². The zero-order valence-electron chi connectivity index (χ0n) is 14.1. The van der Waals surface area contributed by atoms with Crippen molar-refractivity contribution in [2.75, 3.05) is 13.1 Å². The average molecular weight is 376 g/mol. The molecule has 3 rings (SSSR count). The molecule has 1 aliphatic heterocycles. The number of nitrogens with zero attached hydrogens (tertiary/aromatic N) is 1. The first kappa shape index (κ1) is 18.2. The summed E-state index contributed by atoms with van der Waals surface area (Å²) >= 11 is 5.86. The molecule has 0 saturated carbocycles. The number of carboxylic acid groups (broad SMARTS) is 1. The van der Waals surface area contributed by atoms with Crippen molar-refractivity contribution < 1.29 is 24.2 Å². The fourth-order valence-electron chi connectivity index (χ4n) is 2.77. The molecule has 136 valence electrons. The van der Waals surface area contributed by atoms with Gasteiger partial charge in [-0.3, -0.25) is 4.79 Å². The third-order valence-electron chi connectivity index (χ3n) is 3.95. The van der Waals surface area contributed by atoms with Crippen molar-refractivity contribution in [3.8, 4) is 11.5 Å².